The maximum Gasteiger partial charge on any atom is 0.277 e. The number of hydrogen-bond donors (Lipinski definition) is 1. The van der Waals surface area contributed by atoms with E-state index in [1.807, 2.05) is 6.92 Å². The van der Waals surface area contributed by atoms with Gasteiger partial charge in [0.2, 0.25) is 5.91 Å². The van der Waals surface area contributed by atoms with Crippen LogP contribution in [0, 0.1) is 17.2 Å². The first kappa shape index (κ1) is 17.3. The zero-order valence-corrected chi connectivity index (χ0v) is 13.2. The highest BCUT2D eigenvalue weighted by atomic mass is 16.2. The van der Waals surface area contributed by atoms with Gasteiger partial charge in [-0.15, -0.1) is 5.10 Å². The van der Waals surface area contributed by atoms with E-state index in [1.165, 1.54) is 0 Å². The molecule has 1 aromatic carbocycles. The Hall–Kier alpha value is -3.08. The summed E-state index contributed by atoms with van der Waals surface area (Å²) in [7, 11) is 0. The van der Waals surface area contributed by atoms with Crippen LogP contribution in [0.3, 0.4) is 0 Å². The van der Waals surface area contributed by atoms with Crippen molar-refractivity contribution in [1.29, 1.82) is 5.26 Å². The SMILES string of the molecule is CCCNC(=O)C(C#N)C(=O)CCn1nnc2ccccc2c1=O. The molecule has 2 aromatic rings. The van der Waals surface area contributed by atoms with Gasteiger partial charge in [-0.25, -0.2) is 4.68 Å². The maximum absolute atomic E-state index is 12.3. The second-order valence-electron chi connectivity index (χ2n) is 5.20. The van der Waals surface area contributed by atoms with Gasteiger partial charge >= 0.3 is 0 Å². The first-order chi connectivity index (χ1) is 11.6. The van der Waals surface area contributed by atoms with Crippen molar-refractivity contribution in [3.05, 3.63) is 34.6 Å². The largest absolute Gasteiger partial charge is 0.355 e. The van der Waals surface area contributed by atoms with Gasteiger partial charge in [0.05, 0.1) is 18.0 Å². The number of nitrogens with zero attached hydrogens (tertiary/aromatic N) is 4. The number of carbonyl (C=O) groups is 2. The van der Waals surface area contributed by atoms with E-state index in [-0.39, 0.29) is 18.5 Å². The topological polar surface area (TPSA) is 118 Å². The van der Waals surface area contributed by atoms with E-state index < -0.39 is 17.6 Å². The molecule has 0 aliphatic heterocycles. The molecule has 0 spiro atoms. The summed E-state index contributed by atoms with van der Waals surface area (Å²) in [6.07, 6.45) is 0.560. The monoisotopic (exact) mass is 327 g/mol. The summed E-state index contributed by atoms with van der Waals surface area (Å²) < 4.78 is 1.07. The maximum atomic E-state index is 12.3. The lowest BCUT2D eigenvalue weighted by molar-refractivity contribution is -0.131. The summed E-state index contributed by atoms with van der Waals surface area (Å²) in [5, 5.41) is 19.6. The minimum Gasteiger partial charge on any atom is -0.355 e. The fourth-order valence-electron chi connectivity index (χ4n) is 2.16. The van der Waals surface area contributed by atoms with E-state index in [4.69, 9.17) is 5.26 Å². The zero-order chi connectivity index (χ0) is 17.5. The van der Waals surface area contributed by atoms with Gasteiger partial charge in [-0.3, -0.25) is 14.4 Å². The van der Waals surface area contributed by atoms with Crippen LogP contribution in [0.5, 0.6) is 0 Å². The average molecular weight is 327 g/mol. The molecule has 1 aromatic heterocycles. The first-order valence-corrected chi connectivity index (χ1v) is 7.61. The van der Waals surface area contributed by atoms with E-state index in [0.29, 0.717) is 23.9 Å². The summed E-state index contributed by atoms with van der Waals surface area (Å²) in [6, 6.07) is 8.46. The molecule has 1 unspecified atom stereocenters. The van der Waals surface area contributed by atoms with Crippen molar-refractivity contribution in [2.24, 2.45) is 5.92 Å². The Labute approximate surface area is 138 Å². The summed E-state index contributed by atoms with van der Waals surface area (Å²) in [4.78, 5) is 36.1. The van der Waals surface area contributed by atoms with Crippen LogP contribution < -0.4 is 10.9 Å². The van der Waals surface area contributed by atoms with Crippen molar-refractivity contribution in [1.82, 2.24) is 20.3 Å². The van der Waals surface area contributed by atoms with Crippen LogP contribution in [-0.2, 0) is 16.1 Å². The molecule has 8 nitrogen and oxygen atoms in total. The minimum absolute atomic E-state index is 0.0330. The van der Waals surface area contributed by atoms with Crippen LogP contribution in [0.2, 0.25) is 0 Å². The second-order valence-corrected chi connectivity index (χ2v) is 5.20. The van der Waals surface area contributed by atoms with Crippen molar-refractivity contribution < 1.29 is 9.59 Å². The van der Waals surface area contributed by atoms with Crippen molar-refractivity contribution in [3.63, 3.8) is 0 Å². The molecule has 0 bridgehead atoms. The standard InChI is InChI=1S/C16H17N5O3/c1-2-8-18-15(23)12(10-17)14(22)7-9-21-16(24)11-5-3-4-6-13(11)19-20-21/h3-6,12H,2,7-9H2,1H3,(H,18,23). The number of rotatable bonds is 7. The van der Waals surface area contributed by atoms with Gasteiger partial charge in [0, 0.05) is 13.0 Å². The van der Waals surface area contributed by atoms with Crippen LogP contribution in [0.25, 0.3) is 10.9 Å². The molecule has 0 aliphatic carbocycles. The fraction of sp³-hybridized carbons (Fsp3) is 0.375. The lowest BCUT2D eigenvalue weighted by Crippen LogP contribution is -2.36. The molecule has 0 radical (unpaired) electrons. The van der Waals surface area contributed by atoms with Crippen molar-refractivity contribution in [2.45, 2.75) is 26.3 Å². The number of nitrogens with one attached hydrogen (secondary N) is 1. The van der Waals surface area contributed by atoms with Gasteiger partial charge in [0.1, 0.15) is 5.52 Å². The fourth-order valence-corrected chi connectivity index (χ4v) is 2.16. The Bertz CT molecular complexity index is 853. The summed E-state index contributed by atoms with van der Waals surface area (Å²) in [6.45, 7) is 2.24. The third kappa shape index (κ3) is 3.81. The molecule has 8 heteroatoms. The molecule has 1 N–H and O–H groups in total. The Morgan fingerprint density at radius 1 is 1.38 bits per heavy atom. The van der Waals surface area contributed by atoms with Gasteiger partial charge in [-0.2, -0.15) is 5.26 Å². The Morgan fingerprint density at radius 3 is 2.83 bits per heavy atom. The van der Waals surface area contributed by atoms with Crippen molar-refractivity contribution >= 4 is 22.6 Å². The molecule has 0 saturated heterocycles. The highest BCUT2D eigenvalue weighted by Gasteiger charge is 2.25. The Kier molecular flexibility index (Phi) is 5.73. The predicted molar refractivity (Wildman–Crippen MR) is 85.8 cm³/mol. The Balaban J connectivity index is 2.08. The number of fused-ring (bicyclic) bond motifs is 1. The molecule has 0 aliphatic rings. The number of Topliss-reactive ketones (excluding diaryl/α,β-unsaturated/α-hetero) is 1. The zero-order valence-electron chi connectivity index (χ0n) is 13.2. The number of aromatic nitrogens is 3. The number of ketones is 1. The summed E-state index contributed by atoms with van der Waals surface area (Å²) in [5.41, 5.74) is 0.108. The van der Waals surface area contributed by atoms with Crippen LogP contribution >= 0.6 is 0 Å². The average Bonchev–Trinajstić information content (AvgIpc) is 2.60. The van der Waals surface area contributed by atoms with Gasteiger partial charge in [-0.1, -0.05) is 24.3 Å². The van der Waals surface area contributed by atoms with Gasteiger partial charge < -0.3 is 5.32 Å². The van der Waals surface area contributed by atoms with Crippen LogP contribution in [-0.4, -0.2) is 33.2 Å². The summed E-state index contributed by atoms with van der Waals surface area (Å²) in [5.74, 6) is -2.53. The number of carbonyl (C=O) groups excluding carboxylic acids is 2. The van der Waals surface area contributed by atoms with E-state index in [0.717, 1.165) is 4.68 Å². The van der Waals surface area contributed by atoms with E-state index in [2.05, 4.69) is 15.6 Å². The molecule has 0 saturated carbocycles. The van der Waals surface area contributed by atoms with E-state index in [1.54, 1.807) is 30.3 Å². The number of nitriles is 1. The minimum atomic E-state index is -1.37. The highest BCUT2D eigenvalue weighted by molar-refractivity contribution is 6.03. The van der Waals surface area contributed by atoms with E-state index >= 15 is 0 Å². The second kappa shape index (κ2) is 7.97. The Morgan fingerprint density at radius 2 is 2.12 bits per heavy atom. The highest BCUT2D eigenvalue weighted by Crippen LogP contribution is 2.05. The third-order valence-electron chi connectivity index (χ3n) is 3.46. The molecule has 24 heavy (non-hydrogen) atoms. The predicted octanol–water partition coefficient (Wildman–Crippen LogP) is 0.417. The smallest absolute Gasteiger partial charge is 0.277 e. The molecule has 1 atom stereocenters. The van der Waals surface area contributed by atoms with Gasteiger partial charge in [-0.05, 0) is 18.6 Å². The molecule has 1 amide bonds. The number of aryl methyl sites for hydroxylation is 1. The van der Waals surface area contributed by atoms with Gasteiger partial charge in [0.15, 0.2) is 11.7 Å². The number of benzene rings is 1. The first-order valence-electron chi connectivity index (χ1n) is 7.61. The number of hydrogen-bond acceptors (Lipinski definition) is 6. The van der Waals surface area contributed by atoms with E-state index in [9.17, 15) is 14.4 Å². The third-order valence-corrected chi connectivity index (χ3v) is 3.46. The molecule has 0 fully saturated rings. The lowest BCUT2D eigenvalue weighted by atomic mass is 10.0. The molecular formula is C16H17N5O3. The summed E-state index contributed by atoms with van der Waals surface area (Å²) >= 11 is 0. The normalized spacial score (nSPS) is 11.7. The van der Waals surface area contributed by atoms with Crippen molar-refractivity contribution in [3.8, 4) is 6.07 Å². The quantitative estimate of drug-likeness (QED) is 0.736. The van der Waals surface area contributed by atoms with Crippen LogP contribution in [0.1, 0.15) is 19.8 Å². The molecule has 2 rings (SSSR count). The number of amides is 1. The van der Waals surface area contributed by atoms with Crippen LogP contribution in [0.15, 0.2) is 29.1 Å². The van der Waals surface area contributed by atoms with Crippen LogP contribution in [0.4, 0.5) is 0 Å². The molecular weight excluding hydrogens is 310 g/mol. The molecule has 1 heterocycles. The van der Waals surface area contributed by atoms with Gasteiger partial charge in [0.25, 0.3) is 5.56 Å². The molecule has 124 valence electrons. The van der Waals surface area contributed by atoms with Crippen molar-refractivity contribution in [2.75, 3.05) is 6.54 Å². The lowest BCUT2D eigenvalue weighted by Gasteiger charge is -2.09.